The zero-order chi connectivity index (χ0) is 19.7. The topological polar surface area (TPSA) is 115 Å². The van der Waals surface area contributed by atoms with Crippen LogP contribution in [0.15, 0.2) is 29.0 Å². The first-order chi connectivity index (χ1) is 13.0. The highest BCUT2D eigenvalue weighted by molar-refractivity contribution is 7.57. The molecule has 2 heterocycles. The first kappa shape index (κ1) is 21.8. The van der Waals surface area contributed by atoms with Crippen LogP contribution in [-0.4, -0.2) is 41.8 Å². The normalized spacial score (nSPS) is 19.4. The molecule has 10 heteroatoms. The first-order valence-electron chi connectivity index (χ1n) is 9.14. The molecule has 2 rings (SSSR count). The molecule has 1 aliphatic heterocycles. The van der Waals surface area contributed by atoms with Gasteiger partial charge in [-0.25, -0.2) is 4.79 Å². The van der Waals surface area contributed by atoms with Crippen LogP contribution >= 0.6 is 7.60 Å². The van der Waals surface area contributed by atoms with Gasteiger partial charge >= 0.3 is 13.3 Å². The summed E-state index contributed by atoms with van der Waals surface area (Å²) in [6.45, 7) is 4.77. The molecule has 0 saturated carbocycles. The lowest BCUT2D eigenvalue weighted by molar-refractivity contribution is -0.180. The highest BCUT2D eigenvalue weighted by atomic mass is 31.2. The van der Waals surface area contributed by atoms with Crippen molar-refractivity contribution in [3.63, 3.8) is 0 Å². The van der Waals surface area contributed by atoms with Crippen LogP contribution in [0.2, 0.25) is 0 Å². The highest BCUT2D eigenvalue weighted by Crippen LogP contribution is 2.49. The number of hydrogen-bond donors (Lipinski definition) is 1. The van der Waals surface area contributed by atoms with Crippen molar-refractivity contribution in [3.8, 4) is 0 Å². The van der Waals surface area contributed by atoms with E-state index < -0.39 is 19.4 Å². The van der Waals surface area contributed by atoms with E-state index in [9.17, 15) is 9.36 Å². The maximum absolute atomic E-state index is 12.7. The lowest BCUT2D eigenvalue weighted by Crippen LogP contribution is -2.33. The molecule has 9 nitrogen and oxygen atoms in total. The van der Waals surface area contributed by atoms with Crippen molar-refractivity contribution in [1.82, 2.24) is 9.55 Å². The molecule has 1 aromatic heterocycles. The molecule has 1 saturated heterocycles. The Labute approximate surface area is 159 Å². The number of nitrogens with two attached hydrogens (primary N) is 1. The van der Waals surface area contributed by atoms with E-state index in [1.807, 2.05) is 0 Å². The van der Waals surface area contributed by atoms with Crippen molar-refractivity contribution in [2.24, 2.45) is 0 Å². The number of ether oxygens (including phenoxy) is 2. The molecule has 152 valence electrons. The number of anilines is 1. The fourth-order valence-corrected chi connectivity index (χ4v) is 3.99. The SMILES string of the molecule is CCOP(=O)(C=C[C@H](Cn1ccc(N)nc1=O)O[C@H]1CCCCO1)OCC. The van der Waals surface area contributed by atoms with Gasteiger partial charge < -0.3 is 24.3 Å². The van der Waals surface area contributed by atoms with E-state index in [0.29, 0.717) is 6.61 Å². The third-order valence-electron chi connectivity index (χ3n) is 3.84. The van der Waals surface area contributed by atoms with E-state index in [0.717, 1.165) is 19.3 Å². The van der Waals surface area contributed by atoms with Gasteiger partial charge in [0.1, 0.15) is 5.82 Å². The average molecular weight is 401 g/mol. The number of aromatic nitrogens is 2. The first-order valence-corrected chi connectivity index (χ1v) is 10.7. The second kappa shape index (κ2) is 10.7. The Morgan fingerprint density at radius 2 is 2.15 bits per heavy atom. The van der Waals surface area contributed by atoms with E-state index >= 15 is 0 Å². The second-order valence-electron chi connectivity index (χ2n) is 5.97. The Morgan fingerprint density at radius 3 is 2.74 bits per heavy atom. The van der Waals surface area contributed by atoms with Crippen molar-refractivity contribution in [3.05, 3.63) is 34.6 Å². The molecule has 0 aliphatic carbocycles. The smallest absolute Gasteiger partial charge is 0.353 e. The predicted octanol–water partition coefficient (Wildman–Crippen LogP) is 2.52. The number of nitrogen functional groups attached to an aromatic ring is 1. The van der Waals surface area contributed by atoms with Gasteiger partial charge in [0.25, 0.3) is 0 Å². The number of nitrogens with zero attached hydrogens (tertiary/aromatic N) is 2. The predicted molar refractivity (Wildman–Crippen MR) is 101 cm³/mol. The van der Waals surface area contributed by atoms with Gasteiger partial charge in [-0.3, -0.25) is 9.13 Å². The minimum absolute atomic E-state index is 0.150. The summed E-state index contributed by atoms with van der Waals surface area (Å²) >= 11 is 0. The summed E-state index contributed by atoms with van der Waals surface area (Å²) in [7, 11) is -3.38. The molecule has 1 aromatic rings. The lowest BCUT2D eigenvalue weighted by Gasteiger charge is -2.27. The maximum Gasteiger partial charge on any atom is 0.353 e. The van der Waals surface area contributed by atoms with Crippen LogP contribution in [0.1, 0.15) is 33.1 Å². The van der Waals surface area contributed by atoms with E-state index in [-0.39, 0.29) is 31.9 Å². The summed E-state index contributed by atoms with van der Waals surface area (Å²) in [6, 6.07) is 1.53. The van der Waals surface area contributed by atoms with Gasteiger partial charge in [0.2, 0.25) is 0 Å². The Balaban J connectivity index is 2.18. The van der Waals surface area contributed by atoms with E-state index in [4.69, 9.17) is 24.3 Å². The maximum atomic E-state index is 12.7. The Morgan fingerprint density at radius 1 is 1.41 bits per heavy atom. The quantitative estimate of drug-likeness (QED) is 0.595. The van der Waals surface area contributed by atoms with Gasteiger partial charge in [0.15, 0.2) is 6.29 Å². The molecule has 0 spiro atoms. The molecular formula is C17H28N3O6P. The molecule has 0 aromatic carbocycles. The van der Waals surface area contributed by atoms with Crippen molar-refractivity contribution in [2.75, 3.05) is 25.6 Å². The minimum atomic E-state index is -3.38. The zero-order valence-corrected chi connectivity index (χ0v) is 16.7. The van der Waals surface area contributed by atoms with Crippen molar-refractivity contribution in [2.45, 2.75) is 52.0 Å². The monoisotopic (exact) mass is 401 g/mol. The number of hydrogen-bond acceptors (Lipinski definition) is 8. The van der Waals surface area contributed by atoms with Crippen LogP contribution in [0.5, 0.6) is 0 Å². The molecule has 1 aliphatic rings. The summed E-state index contributed by atoms with van der Waals surface area (Å²) in [5.41, 5.74) is 5.04. The third-order valence-corrected chi connectivity index (χ3v) is 5.61. The van der Waals surface area contributed by atoms with E-state index in [1.54, 1.807) is 26.1 Å². The van der Waals surface area contributed by atoms with Gasteiger partial charge in [-0.05, 0) is 45.3 Å². The summed E-state index contributed by atoms with van der Waals surface area (Å²) in [6.07, 6.45) is 4.92. The second-order valence-corrected chi connectivity index (χ2v) is 7.87. The fraction of sp³-hybridized carbons (Fsp3) is 0.647. The summed E-state index contributed by atoms with van der Waals surface area (Å²) < 4.78 is 36.1. The molecule has 27 heavy (non-hydrogen) atoms. The zero-order valence-electron chi connectivity index (χ0n) is 15.8. The van der Waals surface area contributed by atoms with Gasteiger partial charge in [0.05, 0.1) is 25.9 Å². The van der Waals surface area contributed by atoms with Gasteiger partial charge in [-0.15, -0.1) is 0 Å². The lowest BCUT2D eigenvalue weighted by atomic mass is 10.2. The minimum Gasteiger partial charge on any atom is -0.383 e. The van der Waals surface area contributed by atoms with Crippen molar-refractivity contribution < 1.29 is 23.1 Å². The summed E-state index contributed by atoms with van der Waals surface area (Å²) in [5.74, 6) is 1.53. The molecule has 2 atom stereocenters. The van der Waals surface area contributed by atoms with Crippen molar-refractivity contribution in [1.29, 1.82) is 0 Å². The van der Waals surface area contributed by atoms with Crippen LogP contribution in [0.3, 0.4) is 0 Å². The van der Waals surface area contributed by atoms with Crippen LogP contribution in [-0.2, 0) is 29.6 Å². The summed E-state index contributed by atoms with van der Waals surface area (Å²) in [5, 5.41) is 0. The standard InChI is InChI=1S/C17H28N3O6P/c1-3-24-27(22,25-4-2)12-9-14(26-16-7-5-6-11-23-16)13-20-10-8-15(18)19-17(20)21/h8-10,12,14,16H,3-7,11,13H2,1-2H3,(H2,18,19,21)/t14-,16+/m1/s1. The number of rotatable bonds is 10. The van der Waals surface area contributed by atoms with Crippen LogP contribution < -0.4 is 11.4 Å². The van der Waals surface area contributed by atoms with Gasteiger partial charge in [-0.2, -0.15) is 4.98 Å². The van der Waals surface area contributed by atoms with Crippen LogP contribution in [0.25, 0.3) is 0 Å². The Kier molecular flexibility index (Phi) is 8.66. The molecule has 0 bridgehead atoms. The van der Waals surface area contributed by atoms with Gasteiger partial charge in [0, 0.05) is 18.6 Å². The third kappa shape index (κ3) is 7.20. The molecule has 2 N–H and O–H groups in total. The largest absolute Gasteiger partial charge is 0.383 e. The fourth-order valence-electron chi connectivity index (χ4n) is 2.62. The van der Waals surface area contributed by atoms with E-state index in [1.165, 1.54) is 16.5 Å². The molecule has 1 fully saturated rings. The van der Waals surface area contributed by atoms with Crippen LogP contribution in [0.4, 0.5) is 5.82 Å². The van der Waals surface area contributed by atoms with Crippen molar-refractivity contribution >= 4 is 13.4 Å². The highest BCUT2D eigenvalue weighted by Gasteiger charge is 2.23. The molecule has 0 amide bonds. The van der Waals surface area contributed by atoms with Gasteiger partial charge in [-0.1, -0.05) is 0 Å². The Hall–Kier alpha value is -1.51. The average Bonchev–Trinajstić information content (AvgIpc) is 2.63. The molecular weight excluding hydrogens is 373 g/mol. The summed E-state index contributed by atoms with van der Waals surface area (Å²) in [4.78, 5) is 15.7. The Bertz CT molecular complexity index is 707. The van der Waals surface area contributed by atoms with E-state index in [2.05, 4.69) is 4.98 Å². The van der Waals surface area contributed by atoms with Crippen LogP contribution in [0, 0.1) is 0 Å². The molecule has 0 radical (unpaired) electrons. The molecule has 0 unspecified atom stereocenters.